The van der Waals surface area contributed by atoms with Crippen LogP contribution in [-0.2, 0) is 4.79 Å². The van der Waals surface area contributed by atoms with Crippen molar-refractivity contribution >= 4 is 18.1 Å². The molecule has 0 atom stereocenters. The zero-order valence-electron chi connectivity index (χ0n) is 14.6. The van der Waals surface area contributed by atoms with Crippen LogP contribution in [0.5, 0.6) is 0 Å². The first kappa shape index (κ1) is 23.4. The van der Waals surface area contributed by atoms with Crippen molar-refractivity contribution in [1.29, 1.82) is 0 Å². The minimum atomic E-state index is 0.167. The van der Waals surface area contributed by atoms with Gasteiger partial charge in [-0.3, -0.25) is 4.79 Å². The number of hydrogen-bond acceptors (Lipinski definition) is 4. The van der Waals surface area contributed by atoms with Crippen LogP contribution in [0.15, 0.2) is 66.2 Å². The van der Waals surface area contributed by atoms with Crippen molar-refractivity contribution in [3.05, 3.63) is 87.3 Å². The Bertz CT molecular complexity index is 582. The van der Waals surface area contributed by atoms with E-state index in [4.69, 9.17) is 9.93 Å². The molecule has 0 unspecified atom stereocenters. The Hall–Kier alpha value is -2.88. The maximum atomic E-state index is 10.0. The van der Waals surface area contributed by atoms with Crippen LogP contribution in [0.1, 0.15) is 43.6 Å². The smallest absolute Gasteiger partial charge is 0.150 e. The van der Waals surface area contributed by atoms with E-state index in [0.29, 0.717) is 0 Å². The highest BCUT2D eigenvalue weighted by atomic mass is 16.7. The molecule has 24 heavy (non-hydrogen) atoms. The summed E-state index contributed by atoms with van der Waals surface area (Å²) in [5, 5.41) is 0. The minimum Gasteiger partial charge on any atom is -0.300 e. The summed E-state index contributed by atoms with van der Waals surface area (Å²) in [5.41, 5.74) is 3.35. The van der Waals surface area contributed by atoms with Crippen molar-refractivity contribution in [2.24, 2.45) is 0 Å². The second kappa shape index (κ2) is 16.5. The predicted molar refractivity (Wildman–Crippen MR) is 101 cm³/mol. The van der Waals surface area contributed by atoms with E-state index in [2.05, 4.69) is 44.2 Å². The van der Waals surface area contributed by atoms with Crippen molar-refractivity contribution in [1.82, 2.24) is 0 Å². The Labute approximate surface area is 143 Å². The first-order chi connectivity index (χ1) is 11.5. The van der Waals surface area contributed by atoms with Gasteiger partial charge in [0.1, 0.15) is 12.1 Å². The second-order valence-corrected chi connectivity index (χ2v) is 5.07. The van der Waals surface area contributed by atoms with Crippen LogP contribution in [0.3, 0.4) is 0 Å². The fourth-order valence-electron chi connectivity index (χ4n) is 1.41. The first-order valence-electron chi connectivity index (χ1n) is 7.29. The number of allylic oxidation sites excluding steroid dienone is 1. The molecule has 2 aromatic rings. The second-order valence-electron chi connectivity index (χ2n) is 5.07. The summed E-state index contributed by atoms with van der Waals surface area (Å²) in [6.45, 7) is 7.26. The van der Waals surface area contributed by atoms with Gasteiger partial charge in [-0.25, -0.2) is 0 Å². The quantitative estimate of drug-likeness (QED) is 0.704. The average Bonchev–Trinajstić information content (AvgIpc) is 2.58. The van der Waals surface area contributed by atoms with Crippen LogP contribution >= 0.6 is 0 Å². The molecule has 0 aliphatic rings. The van der Waals surface area contributed by atoms with E-state index < -0.39 is 0 Å². The molecular weight excluding hydrogens is 304 g/mol. The molecular formula is C20H24O4. The van der Waals surface area contributed by atoms with Gasteiger partial charge in [0.2, 0.25) is 0 Å². The van der Waals surface area contributed by atoms with Crippen molar-refractivity contribution in [3.63, 3.8) is 0 Å². The standard InChI is InChI=1S/C10H12.C7H6O.C3H6O.O2/c1-9(2)8-10-6-4-3-5-7-10;8-6-7-4-2-1-3-5-7;1-3(2)4;1-2/h3-8H,1-2H3;1-6H;1-2H3;. The molecule has 128 valence electrons. The number of rotatable bonds is 2. The highest BCUT2D eigenvalue weighted by Crippen LogP contribution is 2.04. The summed E-state index contributed by atoms with van der Waals surface area (Å²) < 4.78 is 0. The summed E-state index contributed by atoms with van der Waals surface area (Å²) in [6, 6.07) is 19.4. The van der Waals surface area contributed by atoms with Gasteiger partial charge in [0, 0.05) is 15.5 Å². The predicted octanol–water partition coefficient (Wildman–Crippen LogP) is 5.27. The number of hydrogen-bond donors (Lipinski definition) is 0. The third kappa shape index (κ3) is 17.2. The molecule has 0 heterocycles. The molecule has 0 saturated carbocycles. The molecule has 0 aliphatic heterocycles. The molecule has 0 spiro atoms. The van der Waals surface area contributed by atoms with Crippen LogP contribution < -0.4 is 0 Å². The highest BCUT2D eigenvalue weighted by molar-refractivity contribution is 5.74. The van der Waals surface area contributed by atoms with Gasteiger partial charge in [-0.15, -0.1) is 0 Å². The number of ketones is 1. The molecule has 0 saturated heterocycles. The van der Waals surface area contributed by atoms with Gasteiger partial charge in [-0.2, -0.15) is 0 Å². The Balaban J connectivity index is 0. The lowest BCUT2D eigenvalue weighted by atomic mass is 10.2. The number of Topliss-reactive ketones (excluding diaryl/α,β-unsaturated/α-hetero) is 1. The van der Waals surface area contributed by atoms with Crippen LogP contribution in [0.25, 0.3) is 6.08 Å². The van der Waals surface area contributed by atoms with E-state index >= 15 is 0 Å². The van der Waals surface area contributed by atoms with E-state index in [9.17, 15) is 9.59 Å². The molecule has 2 rings (SSSR count). The molecule has 0 bridgehead atoms. The molecule has 0 N–H and O–H groups in total. The number of carbonyl (C=O) groups is 2. The van der Waals surface area contributed by atoms with Crippen molar-refractivity contribution in [2.75, 3.05) is 0 Å². The minimum absolute atomic E-state index is 0.167. The summed E-state index contributed by atoms with van der Waals surface area (Å²) in [6.07, 6.45) is 3.00. The zero-order valence-corrected chi connectivity index (χ0v) is 14.6. The third-order valence-electron chi connectivity index (χ3n) is 2.19. The average molecular weight is 328 g/mol. The summed E-state index contributed by atoms with van der Waals surface area (Å²) in [4.78, 5) is 33.5. The van der Waals surface area contributed by atoms with E-state index in [1.165, 1.54) is 25.0 Å². The lowest BCUT2D eigenvalue weighted by Gasteiger charge is -1.91. The SMILES string of the molecule is CC(C)=Cc1ccccc1.CC(C)=O.O=Cc1ccccc1.O=O. The lowest BCUT2D eigenvalue weighted by molar-refractivity contribution is -0.114. The summed E-state index contributed by atoms with van der Waals surface area (Å²) in [7, 11) is 0. The fourth-order valence-corrected chi connectivity index (χ4v) is 1.41. The maximum Gasteiger partial charge on any atom is 0.150 e. The summed E-state index contributed by atoms with van der Waals surface area (Å²) in [5.74, 6) is 0.167. The van der Waals surface area contributed by atoms with Gasteiger partial charge >= 0.3 is 0 Å². The van der Waals surface area contributed by atoms with Crippen LogP contribution in [0.4, 0.5) is 0 Å². The molecule has 0 fully saturated rings. The Morgan fingerprint density at radius 2 is 1.04 bits per heavy atom. The summed E-state index contributed by atoms with van der Waals surface area (Å²) >= 11 is 0. The Morgan fingerprint density at radius 1 is 0.708 bits per heavy atom. The van der Waals surface area contributed by atoms with E-state index in [-0.39, 0.29) is 5.78 Å². The van der Waals surface area contributed by atoms with Crippen molar-refractivity contribution in [3.8, 4) is 0 Å². The first-order valence-corrected chi connectivity index (χ1v) is 7.29. The van der Waals surface area contributed by atoms with Gasteiger partial charge in [-0.1, -0.05) is 72.3 Å². The van der Waals surface area contributed by atoms with Gasteiger partial charge in [-0.05, 0) is 33.3 Å². The largest absolute Gasteiger partial charge is 0.300 e. The number of aldehydes is 1. The van der Waals surface area contributed by atoms with Crippen LogP contribution in [0, 0.1) is 9.93 Å². The van der Waals surface area contributed by atoms with E-state index in [1.807, 2.05) is 24.3 Å². The highest BCUT2D eigenvalue weighted by Gasteiger charge is 1.82. The molecule has 0 amide bonds. The molecule has 0 radical (unpaired) electrons. The molecule has 4 heteroatoms. The monoisotopic (exact) mass is 328 g/mol. The molecule has 4 nitrogen and oxygen atoms in total. The van der Waals surface area contributed by atoms with E-state index in [0.717, 1.165) is 11.8 Å². The normalized spacial score (nSPS) is 7.83. The molecule has 0 aliphatic carbocycles. The number of benzene rings is 2. The van der Waals surface area contributed by atoms with Crippen LogP contribution in [-0.4, -0.2) is 12.1 Å². The third-order valence-corrected chi connectivity index (χ3v) is 2.19. The fraction of sp³-hybridized carbons (Fsp3) is 0.200. The van der Waals surface area contributed by atoms with Gasteiger partial charge in [0.05, 0.1) is 0 Å². The zero-order chi connectivity index (χ0) is 18.8. The van der Waals surface area contributed by atoms with Gasteiger partial charge in [0.15, 0.2) is 0 Å². The van der Waals surface area contributed by atoms with Crippen LogP contribution in [0.2, 0.25) is 0 Å². The molecule has 0 aromatic heterocycles. The Morgan fingerprint density at radius 3 is 1.29 bits per heavy atom. The number of carbonyl (C=O) groups excluding carboxylic acids is 2. The topological polar surface area (TPSA) is 68.3 Å². The maximum absolute atomic E-state index is 10.0. The van der Waals surface area contributed by atoms with E-state index in [1.54, 1.807) is 12.1 Å². The lowest BCUT2D eigenvalue weighted by Crippen LogP contribution is -1.73. The van der Waals surface area contributed by atoms with Crippen molar-refractivity contribution in [2.45, 2.75) is 27.7 Å². The van der Waals surface area contributed by atoms with Gasteiger partial charge < -0.3 is 4.79 Å². The van der Waals surface area contributed by atoms with Crippen molar-refractivity contribution < 1.29 is 9.59 Å². The van der Waals surface area contributed by atoms with Gasteiger partial charge in [0.25, 0.3) is 0 Å². The Kier molecular flexibility index (Phi) is 16.1. The molecule has 2 aromatic carbocycles.